The van der Waals surface area contributed by atoms with Gasteiger partial charge < -0.3 is 15.3 Å². The second-order valence-corrected chi connectivity index (χ2v) is 9.50. The quantitative estimate of drug-likeness (QED) is 0.530. The number of hydrogen-bond donors (Lipinski definition) is 2. The minimum absolute atomic E-state index is 0.0457. The van der Waals surface area contributed by atoms with Crippen molar-refractivity contribution in [3.8, 4) is 0 Å². The average molecular weight is 474 g/mol. The molecule has 2 N–H and O–H groups in total. The molecule has 0 aliphatic carbocycles. The summed E-state index contributed by atoms with van der Waals surface area (Å²) >= 11 is 5.84. The number of carbonyl (C=O) groups is 1. The molecular formula is C23H25ClFN5O3. The molecule has 1 atom stereocenters. The number of piperidine rings is 1. The zero-order valence-corrected chi connectivity index (χ0v) is 19.4. The van der Waals surface area contributed by atoms with Crippen molar-refractivity contribution >= 4 is 34.7 Å². The molecule has 4 heterocycles. The lowest BCUT2D eigenvalue weighted by Gasteiger charge is -2.37. The Morgan fingerprint density at radius 1 is 1.24 bits per heavy atom. The molecule has 1 saturated heterocycles. The molecule has 0 bridgehead atoms. The minimum atomic E-state index is -1.25. The summed E-state index contributed by atoms with van der Waals surface area (Å²) in [4.78, 5) is 35.1. The maximum atomic E-state index is 14.4. The molecule has 4 rings (SSSR count). The fourth-order valence-corrected chi connectivity index (χ4v) is 4.18. The fourth-order valence-electron chi connectivity index (χ4n) is 4.03. The van der Waals surface area contributed by atoms with E-state index in [0.717, 1.165) is 32.1 Å². The number of hydrogen-bond acceptors (Lipinski definition) is 6. The maximum Gasteiger partial charge on any atom is 0.356 e. The van der Waals surface area contributed by atoms with Crippen LogP contribution in [0.2, 0.25) is 5.15 Å². The van der Waals surface area contributed by atoms with E-state index < -0.39 is 17.8 Å². The highest BCUT2D eigenvalue weighted by atomic mass is 35.5. The molecule has 0 spiro atoms. The first-order valence-electron chi connectivity index (χ1n) is 10.7. The van der Waals surface area contributed by atoms with E-state index >= 15 is 0 Å². The van der Waals surface area contributed by atoms with E-state index in [2.05, 4.69) is 29.0 Å². The van der Waals surface area contributed by atoms with Gasteiger partial charge >= 0.3 is 5.97 Å². The lowest BCUT2D eigenvalue weighted by molar-refractivity contribution is 0.0691. The van der Waals surface area contributed by atoms with Gasteiger partial charge in [0.25, 0.3) is 5.56 Å². The monoisotopic (exact) mass is 473 g/mol. The van der Waals surface area contributed by atoms with Gasteiger partial charge in [-0.15, -0.1) is 0 Å². The second kappa shape index (κ2) is 8.62. The third kappa shape index (κ3) is 4.78. The zero-order valence-electron chi connectivity index (χ0n) is 18.6. The summed E-state index contributed by atoms with van der Waals surface area (Å²) in [5, 5.41) is 12.6. The third-order valence-electron chi connectivity index (χ3n) is 6.09. The summed E-state index contributed by atoms with van der Waals surface area (Å²) in [5.74, 6) is -1.30. The molecule has 1 aliphatic rings. The third-order valence-corrected chi connectivity index (χ3v) is 6.30. The van der Waals surface area contributed by atoms with Crippen LogP contribution in [-0.2, 0) is 0 Å². The van der Waals surface area contributed by atoms with Crippen LogP contribution in [0.25, 0.3) is 5.65 Å². The summed E-state index contributed by atoms with van der Waals surface area (Å²) in [7, 11) is 0. The number of halogens is 2. The van der Waals surface area contributed by atoms with Gasteiger partial charge in [-0.25, -0.2) is 19.2 Å². The summed E-state index contributed by atoms with van der Waals surface area (Å²) < 4.78 is 15.6. The van der Waals surface area contributed by atoms with Crippen molar-refractivity contribution in [1.82, 2.24) is 14.4 Å². The Bertz CT molecular complexity index is 1280. The smallest absolute Gasteiger partial charge is 0.356 e. The first-order valence-corrected chi connectivity index (χ1v) is 11.1. The van der Waals surface area contributed by atoms with Crippen molar-refractivity contribution in [2.45, 2.75) is 39.7 Å². The molecule has 1 fully saturated rings. The number of anilines is 2. The van der Waals surface area contributed by atoms with Crippen LogP contribution in [0.4, 0.5) is 15.9 Å². The molecule has 1 aliphatic heterocycles. The number of nitrogens with one attached hydrogen (secondary N) is 1. The Labute approximate surface area is 195 Å². The molecule has 33 heavy (non-hydrogen) atoms. The molecule has 3 aromatic rings. The molecule has 10 heteroatoms. The summed E-state index contributed by atoms with van der Waals surface area (Å²) in [6.07, 6.45) is 3.06. The van der Waals surface area contributed by atoms with Gasteiger partial charge in [-0.1, -0.05) is 25.4 Å². The molecule has 0 amide bonds. The Hall–Kier alpha value is -3.20. The predicted octanol–water partition coefficient (Wildman–Crippen LogP) is 4.38. The van der Waals surface area contributed by atoms with Crippen molar-refractivity contribution < 1.29 is 14.3 Å². The summed E-state index contributed by atoms with van der Waals surface area (Å²) in [6.45, 7) is 7.73. The van der Waals surface area contributed by atoms with Crippen LogP contribution < -0.4 is 15.8 Å². The van der Waals surface area contributed by atoms with Crippen LogP contribution in [0.5, 0.6) is 0 Å². The zero-order chi connectivity index (χ0) is 23.9. The van der Waals surface area contributed by atoms with Crippen LogP contribution in [-0.4, -0.2) is 38.5 Å². The highest BCUT2D eigenvalue weighted by molar-refractivity contribution is 6.29. The van der Waals surface area contributed by atoms with E-state index in [1.807, 2.05) is 0 Å². The summed E-state index contributed by atoms with van der Waals surface area (Å²) in [5.41, 5.74) is 0.548. The fraction of sp³-hybridized carbons (Fsp3) is 0.391. The average Bonchev–Trinajstić information content (AvgIpc) is 2.74. The molecule has 0 saturated carbocycles. The van der Waals surface area contributed by atoms with E-state index in [-0.39, 0.29) is 27.5 Å². The Morgan fingerprint density at radius 2 is 1.94 bits per heavy atom. The summed E-state index contributed by atoms with van der Waals surface area (Å²) in [6, 6.07) is 5.10. The van der Waals surface area contributed by atoms with Gasteiger partial charge in [0.1, 0.15) is 22.4 Å². The topological polar surface area (TPSA) is 99.8 Å². The van der Waals surface area contributed by atoms with E-state index in [9.17, 15) is 19.1 Å². The van der Waals surface area contributed by atoms with Gasteiger partial charge in [-0.3, -0.25) is 9.20 Å². The largest absolute Gasteiger partial charge is 0.476 e. The number of carboxylic acid groups (broad SMARTS) is 1. The van der Waals surface area contributed by atoms with Gasteiger partial charge in [0.05, 0.1) is 11.7 Å². The maximum absolute atomic E-state index is 14.4. The number of fused-ring (bicyclic) bond motifs is 1. The molecule has 0 aromatic carbocycles. The Morgan fingerprint density at radius 3 is 2.61 bits per heavy atom. The van der Waals surface area contributed by atoms with Gasteiger partial charge in [0, 0.05) is 30.9 Å². The SMILES string of the molecule is C[C@@H](Nc1ccc(Cl)nc1C(=O)O)c1cc(F)cn2c(=O)cc(N3CCC(C)(C)CC3)nc12. The molecular weight excluding hydrogens is 449 g/mol. The van der Waals surface area contributed by atoms with Crippen molar-refractivity contribution in [3.05, 3.63) is 63.0 Å². The molecule has 0 radical (unpaired) electrons. The highest BCUT2D eigenvalue weighted by Crippen LogP contribution is 2.32. The van der Waals surface area contributed by atoms with Crippen LogP contribution in [0.3, 0.4) is 0 Å². The predicted molar refractivity (Wildman–Crippen MR) is 125 cm³/mol. The molecule has 174 valence electrons. The van der Waals surface area contributed by atoms with Crippen LogP contribution in [0, 0.1) is 11.2 Å². The van der Waals surface area contributed by atoms with Gasteiger partial charge in [0.15, 0.2) is 5.69 Å². The second-order valence-electron chi connectivity index (χ2n) is 9.11. The Kier molecular flexibility index (Phi) is 6.00. The number of aromatic nitrogens is 3. The van der Waals surface area contributed by atoms with Crippen LogP contribution in [0.1, 0.15) is 55.7 Å². The van der Waals surface area contributed by atoms with Gasteiger partial charge in [-0.2, -0.15) is 0 Å². The van der Waals surface area contributed by atoms with E-state index in [1.54, 1.807) is 6.92 Å². The van der Waals surface area contributed by atoms with E-state index in [1.165, 1.54) is 28.7 Å². The highest BCUT2D eigenvalue weighted by Gasteiger charge is 2.27. The molecule has 0 unspecified atom stereocenters. The van der Waals surface area contributed by atoms with Crippen molar-refractivity contribution in [2.24, 2.45) is 5.41 Å². The number of carboxylic acids is 1. The molecule has 8 nitrogen and oxygen atoms in total. The lowest BCUT2D eigenvalue weighted by atomic mass is 9.83. The molecule has 3 aromatic heterocycles. The van der Waals surface area contributed by atoms with Crippen LogP contribution in [0.15, 0.2) is 35.3 Å². The first-order chi connectivity index (χ1) is 15.5. The van der Waals surface area contributed by atoms with Crippen molar-refractivity contribution in [3.63, 3.8) is 0 Å². The van der Waals surface area contributed by atoms with Crippen molar-refractivity contribution in [1.29, 1.82) is 0 Å². The standard InChI is InChI=1S/C23H25ClFN5O3/c1-13(26-16-4-5-17(24)27-20(16)22(32)33)15-10-14(25)12-30-19(31)11-18(28-21(15)30)29-8-6-23(2,3)7-9-29/h4-5,10-13,26H,6-9H2,1-3H3,(H,32,33)/t13-/m1/s1. The first kappa shape index (κ1) is 23.0. The number of rotatable bonds is 5. The van der Waals surface area contributed by atoms with Crippen LogP contribution >= 0.6 is 11.6 Å². The van der Waals surface area contributed by atoms with Gasteiger partial charge in [0.2, 0.25) is 0 Å². The van der Waals surface area contributed by atoms with E-state index in [4.69, 9.17) is 16.6 Å². The lowest BCUT2D eigenvalue weighted by Crippen LogP contribution is -2.38. The van der Waals surface area contributed by atoms with Crippen molar-refractivity contribution in [2.75, 3.05) is 23.3 Å². The normalized spacial score (nSPS) is 16.6. The Balaban J connectivity index is 1.75. The number of pyridine rings is 2. The van der Waals surface area contributed by atoms with Gasteiger partial charge in [-0.05, 0) is 43.4 Å². The van der Waals surface area contributed by atoms with E-state index in [0.29, 0.717) is 17.0 Å². The minimum Gasteiger partial charge on any atom is -0.476 e. The number of aromatic carboxylic acids is 1. The number of nitrogens with zero attached hydrogens (tertiary/aromatic N) is 4.